The van der Waals surface area contributed by atoms with Crippen LogP contribution >= 0.6 is 0 Å². The monoisotopic (exact) mass is 194 g/mol. The molecular weight excluding hydrogens is 179 g/mol. The maximum absolute atomic E-state index is 9.60. The minimum Gasteiger partial charge on any atom is -0.625 e. The minimum absolute atomic E-state index is 0. The van der Waals surface area contributed by atoms with Gasteiger partial charge in [0.15, 0.2) is 0 Å². The second kappa shape index (κ2) is 16.6. The molecule has 0 N–H and O–H groups in total. The molecule has 0 aromatic rings. The predicted octanol–water partition coefficient (Wildman–Crippen LogP) is -0.453. The van der Waals surface area contributed by atoms with Crippen LogP contribution in [0.15, 0.2) is 0 Å². The normalized spacial score (nSPS) is 6.82. The van der Waals surface area contributed by atoms with E-state index in [0.717, 1.165) is 0 Å². The predicted molar refractivity (Wildman–Crippen MR) is 46.8 cm³/mol. The number of rotatable bonds is 2. The van der Waals surface area contributed by atoms with E-state index >= 15 is 0 Å². The molecule has 2 radical (unpaired) electrons. The molecule has 11 heavy (non-hydrogen) atoms. The Hall–Kier alpha value is 0.139. The van der Waals surface area contributed by atoms with Gasteiger partial charge in [0.05, 0.1) is 0 Å². The Morgan fingerprint density at radius 2 is 1.64 bits per heavy atom. The van der Waals surface area contributed by atoms with E-state index in [4.69, 9.17) is 0 Å². The molecular formula is C5H15AlO4Si. The quantitative estimate of drug-likeness (QED) is 0.558. The summed E-state index contributed by atoms with van der Waals surface area (Å²) in [7, 11) is 3.06. The lowest BCUT2D eigenvalue weighted by Crippen LogP contribution is -1.93. The summed E-state index contributed by atoms with van der Waals surface area (Å²) in [5, 5.41) is 0. The van der Waals surface area contributed by atoms with Crippen LogP contribution in [0, 0.1) is 0 Å². The van der Waals surface area contributed by atoms with E-state index in [1.165, 1.54) is 23.5 Å². The summed E-state index contributed by atoms with van der Waals surface area (Å²) < 4.78 is 13.2. The number of carbonyl (C=O) groups excluding carboxylic acids is 1. The Morgan fingerprint density at radius 1 is 1.36 bits per heavy atom. The van der Waals surface area contributed by atoms with Crippen molar-refractivity contribution in [1.29, 1.82) is 0 Å². The highest BCUT2D eigenvalue weighted by molar-refractivity contribution is 6.17. The molecule has 0 spiro atoms. The molecule has 0 aliphatic carbocycles. The molecule has 0 aromatic carbocycles. The van der Waals surface area contributed by atoms with Gasteiger partial charge in [-0.05, 0) is 0 Å². The molecule has 0 saturated carbocycles. The summed E-state index contributed by atoms with van der Waals surface area (Å²) in [6.07, 6.45) is 0. The van der Waals surface area contributed by atoms with Gasteiger partial charge in [-0.1, -0.05) is 7.43 Å². The van der Waals surface area contributed by atoms with Crippen molar-refractivity contribution in [3.05, 3.63) is 0 Å². The van der Waals surface area contributed by atoms with E-state index in [1.807, 2.05) is 0 Å². The Bertz CT molecular complexity index is 78.9. The molecule has 0 aromatic heterocycles. The summed E-state index contributed by atoms with van der Waals surface area (Å²) in [5.74, 6) is -0.233. The fraction of sp³-hybridized carbons (Fsp3) is 0.800. The first kappa shape index (κ1) is 17.3. The molecule has 0 fully saturated rings. The smallest absolute Gasteiger partial charge is 0.496 e. The van der Waals surface area contributed by atoms with Crippen molar-refractivity contribution in [3.63, 3.8) is 0 Å². The van der Waals surface area contributed by atoms with Crippen molar-refractivity contribution >= 4 is 32.6 Å². The maximum atomic E-state index is 9.60. The fourth-order valence-electron chi connectivity index (χ4n) is 0.0962. The van der Waals surface area contributed by atoms with Crippen LogP contribution in [0.5, 0.6) is 0 Å². The molecule has 0 saturated heterocycles. The molecule has 0 amide bonds. The van der Waals surface area contributed by atoms with Crippen LogP contribution in [-0.2, 0) is 17.4 Å². The molecule has 0 unspecified atom stereocenters. The molecule has 0 bridgehead atoms. The first-order valence-electron chi connectivity index (χ1n) is 2.48. The lowest BCUT2D eigenvalue weighted by atomic mass is 10.9. The van der Waals surface area contributed by atoms with Crippen molar-refractivity contribution in [2.75, 3.05) is 14.2 Å². The molecule has 0 aliphatic rings. The summed E-state index contributed by atoms with van der Waals surface area (Å²) in [5.41, 5.74) is 0. The SMILES string of the molecule is C.CC(=O)[O][AlH].CO[SiH]OC. The molecule has 66 valence electrons. The topological polar surface area (TPSA) is 44.8 Å². The van der Waals surface area contributed by atoms with E-state index in [0.29, 0.717) is 0 Å². The highest BCUT2D eigenvalue weighted by atomic mass is 28.3. The number of hydrogen-bond acceptors (Lipinski definition) is 4. The first-order valence-corrected chi connectivity index (χ1v) is 4.00. The number of carbonyl (C=O) groups is 1. The van der Waals surface area contributed by atoms with Crippen LogP contribution in [-0.4, -0.2) is 46.8 Å². The Balaban J connectivity index is -0.000000107. The second-order valence-corrected chi connectivity index (χ2v) is 2.63. The van der Waals surface area contributed by atoms with Gasteiger partial charge in [-0.15, -0.1) is 0 Å². The Kier molecular flexibility index (Phi) is 26.1. The molecule has 6 heteroatoms. The molecule has 0 heterocycles. The summed E-state index contributed by atoms with van der Waals surface area (Å²) in [6, 6.07) is 0. The summed E-state index contributed by atoms with van der Waals surface area (Å²) in [4.78, 5) is 9.60. The van der Waals surface area contributed by atoms with E-state index in [-0.39, 0.29) is 23.4 Å². The zero-order valence-electron chi connectivity index (χ0n) is 6.42. The van der Waals surface area contributed by atoms with Gasteiger partial charge in [0, 0.05) is 21.1 Å². The zero-order chi connectivity index (χ0) is 8.41. The molecule has 0 aliphatic heterocycles. The van der Waals surface area contributed by atoms with Crippen LogP contribution in [0.4, 0.5) is 0 Å². The van der Waals surface area contributed by atoms with Crippen molar-refractivity contribution in [3.8, 4) is 0 Å². The van der Waals surface area contributed by atoms with Gasteiger partial charge in [0.2, 0.25) is 0 Å². The fourth-order valence-corrected chi connectivity index (χ4v) is 0.289. The zero-order valence-corrected chi connectivity index (χ0v) is 8.99. The van der Waals surface area contributed by atoms with Crippen LogP contribution in [0.1, 0.15) is 14.4 Å². The van der Waals surface area contributed by atoms with Crippen molar-refractivity contribution in [2.45, 2.75) is 14.4 Å². The van der Waals surface area contributed by atoms with Crippen molar-refractivity contribution in [1.82, 2.24) is 0 Å². The van der Waals surface area contributed by atoms with Crippen LogP contribution in [0.25, 0.3) is 0 Å². The van der Waals surface area contributed by atoms with E-state index in [2.05, 4.69) is 12.6 Å². The standard InChI is InChI=1S/C2H7O2Si.C2H4O2.CH4.Al.H/c1-3-5-4-2;1-2(3)4;;;/h5H,1-2H3;1H3,(H,3,4);1H4;;/q;;;+1;/p-1. The molecule has 4 nitrogen and oxygen atoms in total. The van der Waals surface area contributed by atoms with E-state index in [1.54, 1.807) is 14.2 Å². The van der Waals surface area contributed by atoms with Crippen LogP contribution in [0.2, 0.25) is 0 Å². The van der Waals surface area contributed by atoms with E-state index < -0.39 is 0 Å². The summed E-state index contributed by atoms with van der Waals surface area (Å²) in [6.45, 7) is 1.37. The van der Waals surface area contributed by atoms with Gasteiger partial charge < -0.3 is 12.6 Å². The van der Waals surface area contributed by atoms with Gasteiger partial charge in [0.25, 0.3) is 5.97 Å². The van der Waals surface area contributed by atoms with E-state index in [9.17, 15) is 4.79 Å². The Morgan fingerprint density at radius 3 is 1.64 bits per heavy atom. The second-order valence-electron chi connectivity index (χ2n) is 1.20. The van der Waals surface area contributed by atoms with Gasteiger partial charge in [-0.2, -0.15) is 0 Å². The largest absolute Gasteiger partial charge is 0.625 e. The van der Waals surface area contributed by atoms with Crippen LogP contribution < -0.4 is 0 Å². The molecule has 0 rings (SSSR count). The minimum atomic E-state index is -0.233. The van der Waals surface area contributed by atoms with Crippen molar-refractivity contribution in [2.24, 2.45) is 0 Å². The lowest BCUT2D eigenvalue weighted by molar-refractivity contribution is -0.131. The highest BCUT2D eigenvalue weighted by Gasteiger charge is 1.74. The van der Waals surface area contributed by atoms with Crippen molar-refractivity contribution < 1.29 is 17.4 Å². The third-order valence-electron chi connectivity index (χ3n) is 0.396. The van der Waals surface area contributed by atoms with Gasteiger partial charge in [-0.25, -0.2) is 0 Å². The average molecular weight is 194 g/mol. The number of hydrogen-bond donors (Lipinski definition) is 0. The summed E-state index contributed by atoms with van der Waals surface area (Å²) >= 11 is 1.18. The third-order valence-corrected chi connectivity index (χ3v) is 1.19. The van der Waals surface area contributed by atoms with Crippen LogP contribution in [0.3, 0.4) is 0 Å². The third kappa shape index (κ3) is 39.2. The Labute approximate surface area is 79.0 Å². The van der Waals surface area contributed by atoms with Gasteiger partial charge >= 0.3 is 26.6 Å². The van der Waals surface area contributed by atoms with Gasteiger partial charge in [0.1, 0.15) is 0 Å². The average Bonchev–Trinajstić information content (AvgIpc) is 1.91. The molecule has 0 atom stereocenters. The maximum Gasteiger partial charge on any atom is 0.496 e. The lowest BCUT2D eigenvalue weighted by Gasteiger charge is -1.84. The van der Waals surface area contributed by atoms with Gasteiger partial charge in [-0.3, -0.25) is 4.79 Å². The first-order chi connectivity index (χ1) is 4.68. The highest BCUT2D eigenvalue weighted by Crippen LogP contribution is 1.58.